The molecule has 31 heavy (non-hydrogen) atoms. The molecule has 2 atom stereocenters. The van der Waals surface area contributed by atoms with Crippen molar-refractivity contribution in [2.75, 3.05) is 0 Å². The molecular formula is C27H21N3O. The van der Waals surface area contributed by atoms with Crippen molar-refractivity contribution in [1.82, 2.24) is 0 Å². The fraction of sp³-hybridized carbons (Fsp3) is 0.222. The predicted molar refractivity (Wildman–Crippen MR) is 122 cm³/mol. The van der Waals surface area contributed by atoms with Crippen LogP contribution in [0.5, 0.6) is 5.75 Å². The van der Waals surface area contributed by atoms with Gasteiger partial charge in [0.2, 0.25) is 0 Å². The quantitative estimate of drug-likeness (QED) is 0.342. The maximum absolute atomic E-state index is 7.34. The van der Waals surface area contributed by atoms with E-state index in [0.29, 0.717) is 18.0 Å². The lowest BCUT2D eigenvalue weighted by Gasteiger charge is -2.35. The molecule has 1 aliphatic carbocycles. The molecule has 3 aromatic carbocycles. The highest BCUT2D eigenvalue weighted by Crippen LogP contribution is 2.41. The summed E-state index contributed by atoms with van der Waals surface area (Å²) in [5, 5.41) is 4.17. The molecule has 4 nitrogen and oxygen atoms in total. The molecule has 0 saturated heterocycles. The molecule has 0 aromatic heterocycles. The fourth-order valence-corrected chi connectivity index (χ4v) is 4.86. The third kappa shape index (κ3) is 3.58. The predicted octanol–water partition coefficient (Wildman–Crippen LogP) is 6.80. The van der Waals surface area contributed by atoms with E-state index in [-0.39, 0.29) is 6.10 Å². The minimum Gasteiger partial charge on any atom is -0.489 e. The Morgan fingerprint density at radius 1 is 0.935 bits per heavy atom. The van der Waals surface area contributed by atoms with Gasteiger partial charge in [0.25, 0.3) is 0 Å². The molecule has 2 unspecified atom stereocenters. The fourth-order valence-electron chi connectivity index (χ4n) is 4.86. The van der Waals surface area contributed by atoms with Crippen molar-refractivity contribution in [2.45, 2.75) is 37.7 Å². The number of fused-ring (bicyclic) bond motifs is 2. The van der Waals surface area contributed by atoms with Crippen LogP contribution in [-0.4, -0.2) is 11.8 Å². The maximum Gasteiger partial charge on any atom is 0.187 e. The Bertz CT molecular complexity index is 1260. The van der Waals surface area contributed by atoms with Crippen LogP contribution in [0.15, 0.2) is 71.8 Å². The first-order valence-corrected chi connectivity index (χ1v) is 10.6. The summed E-state index contributed by atoms with van der Waals surface area (Å²) in [5.41, 5.74) is 7.02. The van der Waals surface area contributed by atoms with E-state index in [1.165, 1.54) is 11.1 Å². The van der Waals surface area contributed by atoms with Gasteiger partial charge in [0.05, 0.1) is 11.7 Å². The maximum atomic E-state index is 7.34. The topological polar surface area (TPSA) is 30.3 Å². The lowest BCUT2D eigenvalue weighted by molar-refractivity contribution is 0.160. The monoisotopic (exact) mass is 403 g/mol. The number of ether oxygens (including phenoxy) is 1. The van der Waals surface area contributed by atoms with Crippen molar-refractivity contribution in [3.05, 3.63) is 106 Å². The van der Waals surface area contributed by atoms with E-state index in [1.54, 1.807) is 6.07 Å². The Morgan fingerprint density at radius 2 is 1.81 bits per heavy atom. The van der Waals surface area contributed by atoms with Gasteiger partial charge in [0, 0.05) is 17.9 Å². The first-order valence-electron chi connectivity index (χ1n) is 10.6. The Labute approximate surface area is 182 Å². The lowest BCUT2D eigenvalue weighted by atomic mass is 9.77. The summed E-state index contributed by atoms with van der Waals surface area (Å²) in [6.07, 6.45) is 3.96. The van der Waals surface area contributed by atoms with Crippen molar-refractivity contribution in [2.24, 2.45) is 5.10 Å². The second-order valence-electron chi connectivity index (χ2n) is 8.08. The number of hydrogen-bond donors (Lipinski definition) is 0. The standard InChI is InChI=1S/C27H21N3O/c1-28-21-10-5-9-19(15-21)20-13-14-26-24(16-20)25(30-29-2)17-27(31-26)23-12-6-8-18-7-3-4-11-22(18)23/h3-5,7,9-11,13-16,23,27H,6,8,12,17H2/b30-25-. The molecule has 1 heterocycles. The second-order valence-corrected chi connectivity index (χ2v) is 8.08. The molecular weight excluding hydrogens is 382 g/mol. The van der Waals surface area contributed by atoms with E-state index in [9.17, 15) is 0 Å². The zero-order valence-corrected chi connectivity index (χ0v) is 17.1. The van der Waals surface area contributed by atoms with Gasteiger partial charge in [-0.2, -0.15) is 6.57 Å². The minimum absolute atomic E-state index is 0.0225. The number of rotatable bonds is 2. The second kappa shape index (κ2) is 8.09. The molecule has 0 N–H and O–H groups in total. The van der Waals surface area contributed by atoms with Gasteiger partial charge < -0.3 is 4.74 Å². The van der Waals surface area contributed by atoms with Crippen LogP contribution in [0.1, 0.15) is 41.9 Å². The van der Waals surface area contributed by atoms with Gasteiger partial charge in [0.15, 0.2) is 5.69 Å². The molecule has 2 aliphatic rings. The number of aryl methyl sites for hydroxylation is 1. The zero-order chi connectivity index (χ0) is 21.2. The molecule has 0 amide bonds. The summed E-state index contributed by atoms with van der Waals surface area (Å²) in [5.74, 6) is 1.09. The Morgan fingerprint density at radius 3 is 2.68 bits per heavy atom. The summed E-state index contributed by atoms with van der Waals surface area (Å²) in [6, 6.07) is 22.3. The number of benzene rings is 3. The van der Waals surface area contributed by atoms with E-state index >= 15 is 0 Å². The Kier molecular flexibility index (Phi) is 4.98. The Balaban J connectivity index is 1.52. The normalized spacial score (nSPS) is 20.6. The molecule has 0 radical (unpaired) electrons. The summed E-state index contributed by atoms with van der Waals surface area (Å²) >= 11 is 0. The summed E-state index contributed by atoms with van der Waals surface area (Å²) < 4.78 is 6.51. The minimum atomic E-state index is -0.0225. The molecule has 0 bridgehead atoms. The Hall–Kier alpha value is -3.89. The van der Waals surface area contributed by atoms with Crippen molar-refractivity contribution < 1.29 is 4.74 Å². The van der Waals surface area contributed by atoms with Crippen LogP contribution in [0.25, 0.3) is 20.9 Å². The van der Waals surface area contributed by atoms with Gasteiger partial charge in [-0.15, -0.1) is 4.95 Å². The average Bonchev–Trinajstić information content (AvgIpc) is 2.83. The highest BCUT2D eigenvalue weighted by atomic mass is 16.5. The SMILES string of the molecule is [C-]#[N+]/N=C1/CC(C2CCCc3ccccc32)Oc2ccc(-c3cccc([N+]#[C-])c3)cc21. The van der Waals surface area contributed by atoms with Crippen LogP contribution in [0, 0.1) is 13.1 Å². The van der Waals surface area contributed by atoms with E-state index in [1.807, 2.05) is 36.4 Å². The van der Waals surface area contributed by atoms with Crippen molar-refractivity contribution in [3.8, 4) is 16.9 Å². The van der Waals surface area contributed by atoms with Gasteiger partial charge >= 0.3 is 0 Å². The first-order chi connectivity index (χ1) is 15.3. The smallest absolute Gasteiger partial charge is 0.187 e. The highest BCUT2D eigenvalue weighted by molar-refractivity contribution is 6.05. The molecule has 0 spiro atoms. The summed E-state index contributed by atoms with van der Waals surface area (Å²) in [6.45, 7) is 14.6. The van der Waals surface area contributed by atoms with Gasteiger partial charge in [-0.05, 0) is 59.7 Å². The third-order valence-corrected chi connectivity index (χ3v) is 6.31. The van der Waals surface area contributed by atoms with E-state index in [0.717, 1.165) is 47.4 Å². The average molecular weight is 403 g/mol. The van der Waals surface area contributed by atoms with Crippen LogP contribution < -0.4 is 4.74 Å². The van der Waals surface area contributed by atoms with Gasteiger partial charge in [-0.3, -0.25) is 0 Å². The molecule has 4 heteroatoms. The molecule has 3 aromatic rings. The number of nitrogens with zero attached hydrogens (tertiary/aromatic N) is 3. The summed E-state index contributed by atoms with van der Waals surface area (Å²) in [7, 11) is 0. The first kappa shape index (κ1) is 19.1. The van der Waals surface area contributed by atoms with Crippen LogP contribution in [0.4, 0.5) is 5.69 Å². The van der Waals surface area contributed by atoms with E-state index < -0.39 is 0 Å². The summed E-state index contributed by atoms with van der Waals surface area (Å²) in [4.78, 5) is 6.89. The van der Waals surface area contributed by atoms with Crippen LogP contribution in [0.2, 0.25) is 0 Å². The van der Waals surface area contributed by atoms with Crippen LogP contribution in [0.3, 0.4) is 0 Å². The molecule has 1 aliphatic heterocycles. The van der Waals surface area contributed by atoms with Gasteiger partial charge in [-0.1, -0.05) is 48.5 Å². The number of hydrogen-bond acceptors (Lipinski definition) is 2. The van der Waals surface area contributed by atoms with Crippen molar-refractivity contribution in [1.29, 1.82) is 0 Å². The van der Waals surface area contributed by atoms with Gasteiger partial charge in [0.1, 0.15) is 17.6 Å². The third-order valence-electron chi connectivity index (χ3n) is 6.31. The zero-order valence-electron chi connectivity index (χ0n) is 17.1. The highest BCUT2D eigenvalue weighted by Gasteiger charge is 2.35. The van der Waals surface area contributed by atoms with Crippen molar-refractivity contribution in [3.63, 3.8) is 0 Å². The molecule has 150 valence electrons. The van der Waals surface area contributed by atoms with E-state index in [2.05, 4.69) is 39.2 Å². The van der Waals surface area contributed by atoms with Crippen LogP contribution >= 0.6 is 0 Å². The van der Waals surface area contributed by atoms with Gasteiger partial charge in [-0.25, -0.2) is 4.85 Å². The molecule has 0 saturated carbocycles. The van der Waals surface area contributed by atoms with Crippen molar-refractivity contribution >= 4 is 11.4 Å². The lowest BCUT2D eigenvalue weighted by Crippen LogP contribution is -2.34. The largest absolute Gasteiger partial charge is 0.489 e. The van der Waals surface area contributed by atoms with Crippen LogP contribution in [-0.2, 0) is 6.42 Å². The van der Waals surface area contributed by atoms with E-state index in [4.69, 9.17) is 17.9 Å². The molecule has 0 fully saturated rings. The molecule has 5 rings (SSSR count).